The van der Waals surface area contributed by atoms with Gasteiger partial charge in [0.2, 0.25) is 0 Å². The smallest absolute Gasteiger partial charge is 0.293 e. The average molecular weight is 489 g/mol. The zero-order chi connectivity index (χ0) is 20.5. The van der Waals surface area contributed by atoms with Gasteiger partial charge in [0, 0.05) is 21.1 Å². The summed E-state index contributed by atoms with van der Waals surface area (Å²) in [6.07, 6.45) is 1.61. The number of carbonyl (C=O) groups is 2. The third-order valence-electron chi connectivity index (χ3n) is 4.47. The number of hydrogen-bond acceptors (Lipinski definition) is 4. The molecule has 0 saturated carbocycles. The summed E-state index contributed by atoms with van der Waals surface area (Å²) in [5, 5.41) is 0.309. The molecule has 0 unspecified atom stereocenters. The Bertz CT molecular complexity index is 1140. The molecule has 0 radical (unpaired) electrons. The second-order valence-electron chi connectivity index (χ2n) is 6.56. The van der Waals surface area contributed by atoms with Gasteiger partial charge in [0.25, 0.3) is 11.1 Å². The van der Waals surface area contributed by atoms with Crippen LogP contribution in [0, 0.1) is 6.92 Å². The minimum absolute atomic E-state index is 0.209. The van der Waals surface area contributed by atoms with Crippen molar-refractivity contribution < 1.29 is 14.0 Å². The second-order valence-corrected chi connectivity index (χ2v) is 8.84. The number of furan rings is 1. The first-order valence-electron chi connectivity index (χ1n) is 8.77. The molecule has 4 rings (SSSR count). The highest BCUT2D eigenvalue weighted by atomic mass is 79.9. The van der Waals surface area contributed by atoms with Crippen LogP contribution < -0.4 is 0 Å². The number of hydrogen-bond donors (Lipinski definition) is 0. The fraction of sp³-hybridized carbons (Fsp3) is 0.0909. The van der Waals surface area contributed by atoms with E-state index in [4.69, 9.17) is 16.0 Å². The number of imide groups is 1. The lowest BCUT2D eigenvalue weighted by Crippen LogP contribution is -2.27. The van der Waals surface area contributed by atoms with Gasteiger partial charge in [-0.25, -0.2) is 0 Å². The monoisotopic (exact) mass is 487 g/mol. The van der Waals surface area contributed by atoms with Gasteiger partial charge in [-0.05, 0) is 66.2 Å². The van der Waals surface area contributed by atoms with E-state index in [0.717, 1.165) is 32.9 Å². The van der Waals surface area contributed by atoms with Gasteiger partial charge in [0.05, 0.1) is 11.4 Å². The number of thioether (sulfide) groups is 1. The van der Waals surface area contributed by atoms with Gasteiger partial charge in [-0.2, -0.15) is 0 Å². The molecular formula is C22H15BrClNO3S. The summed E-state index contributed by atoms with van der Waals surface area (Å²) in [5.41, 5.74) is 2.88. The average Bonchev–Trinajstić information content (AvgIpc) is 3.26. The largest absolute Gasteiger partial charge is 0.457 e. The Morgan fingerprint density at radius 2 is 1.86 bits per heavy atom. The van der Waals surface area contributed by atoms with Crippen LogP contribution in [0.4, 0.5) is 4.79 Å². The van der Waals surface area contributed by atoms with Crippen molar-refractivity contribution in [2.75, 3.05) is 0 Å². The number of carbonyl (C=O) groups excluding carboxylic acids is 2. The molecule has 0 atom stereocenters. The van der Waals surface area contributed by atoms with Crippen LogP contribution in [0.2, 0.25) is 5.02 Å². The van der Waals surface area contributed by atoms with Gasteiger partial charge >= 0.3 is 0 Å². The molecule has 4 nitrogen and oxygen atoms in total. The van der Waals surface area contributed by atoms with Crippen molar-refractivity contribution in [2.24, 2.45) is 0 Å². The lowest BCUT2D eigenvalue weighted by Gasteiger charge is -2.12. The van der Waals surface area contributed by atoms with Crippen LogP contribution >= 0.6 is 39.3 Å². The summed E-state index contributed by atoms with van der Waals surface area (Å²) in [4.78, 5) is 26.6. The van der Waals surface area contributed by atoms with Crippen molar-refractivity contribution in [1.82, 2.24) is 4.90 Å². The molecule has 1 saturated heterocycles. The minimum atomic E-state index is -0.326. The molecule has 1 aromatic heterocycles. The van der Waals surface area contributed by atoms with E-state index in [2.05, 4.69) is 15.9 Å². The van der Waals surface area contributed by atoms with Crippen molar-refractivity contribution in [2.45, 2.75) is 13.5 Å². The van der Waals surface area contributed by atoms with Crippen LogP contribution in [0.25, 0.3) is 17.4 Å². The Labute approximate surface area is 185 Å². The molecular weight excluding hydrogens is 474 g/mol. The quantitative estimate of drug-likeness (QED) is 0.375. The van der Waals surface area contributed by atoms with Gasteiger partial charge in [0.15, 0.2) is 0 Å². The van der Waals surface area contributed by atoms with Gasteiger partial charge in [0.1, 0.15) is 11.5 Å². The molecule has 7 heteroatoms. The van der Waals surface area contributed by atoms with Crippen LogP contribution in [-0.4, -0.2) is 16.0 Å². The molecule has 3 aromatic rings. The van der Waals surface area contributed by atoms with E-state index >= 15 is 0 Å². The maximum Gasteiger partial charge on any atom is 0.293 e. The summed E-state index contributed by atoms with van der Waals surface area (Å²) in [6.45, 7) is 2.22. The molecule has 146 valence electrons. The molecule has 0 bridgehead atoms. The third kappa shape index (κ3) is 4.34. The molecule has 1 fully saturated rings. The van der Waals surface area contributed by atoms with E-state index in [-0.39, 0.29) is 17.7 Å². The molecule has 1 aliphatic rings. The van der Waals surface area contributed by atoms with Crippen molar-refractivity contribution in [1.29, 1.82) is 0 Å². The lowest BCUT2D eigenvalue weighted by atomic mass is 10.1. The summed E-state index contributed by atoms with van der Waals surface area (Å²) >= 11 is 10.3. The Hall–Kier alpha value is -2.28. The van der Waals surface area contributed by atoms with E-state index in [1.165, 1.54) is 4.90 Å². The molecule has 1 aliphatic heterocycles. The number of nitrogens with zero attached hydrogens (tertiary/aromatic N) is 1. The van der Waals surface area contributed by atoms with Crippen molar-refractivity contribution >= 4 is 56.5 Å². The Kier molecular flexibility index (Phi) is 5.67. The molecule has 29 heavy (non-hydrogen) atoms. The number of amides is 2. The first kappa shape index (κ1) is 20.0. The van der Waals surface area contributed by atoms with Crippen molar-refractivity contribution in [3.63, 3.8) is 0 Å². The lowest BCUT2D eigenvalue weighted by molar-refractivity contribution is -0.123. The SMILES string of the molecule is Cc1cc(-c2ccc(/C=C3\SC(=O)N(Cc4ccc(Cl)cc4)C3=O)o2)ccc1Br. The van der Waals surface area contributed by atoms with E-state index < -0.39 is 0 Å². The highest BCUT2D eigenvalue weighted by molar-refractivity contribution is 9.10. The maximum absolute atomic E-state index is 12.7. The highest BCUT2D eigenvalue weighted by Crippen LogP contribution is 2.34. The Balaban J connectivity index is 1.53. The molecule has 2 heterocycles. The van der Waals surface area contributed by atoms with Crippen LogP contribution in [0.15, 0.2) is 68.4 Å². The first-order valence-corrected chi connectivity index (χ1v) is 10.8. The minimum Gasteiger partial charge on any atom is -0.457 e. The number of benzene rings is 2. The van der Waals surface area contributed by atoms with Gasteiger partial charge in [-0.3, -0.25) is 14.5 Å². The zero-order valence-corrected chi connectivity index (χ0v) is 18.5. The van der Waals surface area contributed by atoms with E-state index in [9.17, 15) is 9.59 Å². The van der Waals surface area contributed by atoms with E-state index in [1.54, 1.807) is 36.4 Å². The van der Waals surface area contributed by atoms with Crippen molar-refractivity contribution in [3.05, 3.63) is 85.9 Å². The highest BCUT2D eigenvalue weighted by Gasteiger charge is 2.35. The van der Waals surface area contributed by atoms with Crippen LogP contribution in [0.5, 0.6) is 0 Å². The molecule has 2 aromatic carbocycles. The van der Waals surface area contributed by atoms with Crippen LogP contribution in [-0.2, 0) is 11.3 Å². The topological polar surface area (TPSA) is 50.5 Å². The normalized spacial score (nSPS) is 15.6. The second kappa shape index (κ2) is 8.22. The fourth-order valence-electron chi connectivity index (χ4n) is 2.92. The predicted molar refractivity (Wildman–Crippen MR) is 120 cm³/mol. The fourth-order valence-corrected chi connectivity index (χ4v) is 4.11. The van der Waals surface area contributed by atoms with Gasteiger partial charge in [-0.15, -0.1) is 0 Å². The molecule has 0 N–H and O–H groups in total. The summed E-state index contributed by atoms with van der Waals surface area (Å²) < 4.78 is 6.91. The summed E-state index contributed by atoms with van der Waals surface area (Å²) in [6, 6.07) is 16.7. The zero-order valence-electron chi connectivity index (χ0n) is 15.3. The molecule has 0 spiro atoms. The molecule has 2 amide bonds. The number of halogens is 2. The summed E-state index contributed by atoms with van der Waals surface area (Å²) in [7, 11) is 0. The Morgan fingerprint density at radius 3 is 2.59 bits per heavy atom. The van der Waals surface area contributed by atoms with Gasteiger partial charge < -0.3 is 4.42 Å². The first-order chi connectivity index (χ1) is 13.9. The predicted octanol–water partition coefficient (Wildman–Crippen LogP) is 6.91. The Morgan fingerprint density at radius 1 is 1.10 bits per heavy atom. The maximum atomic E-state index is 12.7. The van der Waals surface area contributed by atoms with Crippen LogP contribution in [0.3, 0.4) is 0 Å². The standard InChI is InChI=1S/C22H15BrClNO3S/c1-13-10-15(4-8-18(13)23)19-9-7-17(28-19)11-20-21(26)25(22(27)29-20)12-14-2-5-16(24)6-3-14/h2-11H,12H2,1H3/b20-11-. The third-order valence-corrected chi connectivity index (χ3v) is 6.52. The van der Waals surface area contributed by atoms with E-state index in [0.29, 0.717) is 21.4 Å². The van der Waals surface area contributed by atoms with E-state index in [1.807, 2.05) is 31.2 Å². The number of aryl methyl sites for hydroxylation is 1. The van der Waals surface area contributed by atoms with Crippen molar-refractivity contribution in [3.8, 4) is 11.3 Å². The summed E-state index contributed by atoms with van der Waals surface area (Å²) in [5.74, 6) is 0.900. The van der Waals surface area contributed by atoms with Gasteiger partial charge in [-0.1, -0.05) is 45.7 Å². The van der Waals surface area contributed by atoms with Crippen LogP contribution in [0.1, 0.15) is 16.9 Å². The number of rotatable bonds is 4. The molecule has 0 aliphatic carbocycles.